The first-order valence-electron chi connectivity index (χ1n) is 23.0. The third-order valence-electron chi connectivity index (χ3n) is 12.7. The Morgan fingerprint density at radius 2 is 1.41 bits per heavy atom. The molecule has 22 nitrogen and oxygen atoms in total. The Bertz CT molecular complexity index is 3110. The van der Waals surface area contributed by atoms with E-state index in [1.807, 2.05) is 24.3 Å². The molecule has 74 heavy (non-hydrogen) atoms. The molecule has 23 heteroatoms. The molecular formula is C51H53N6O16P. The lowest BCUT2D eigenvalue weighted by Gasteiger charge is -2.40. The maximum Gasteiger partial charge on any atom is 0.367 e. The number of nitriles is 1. The molecule has 2 fully saturated rings. The van der Waals surface area contributed by atoms with Gasteiger partial charge in [-0.25, -0.2) is 9.59 Å². The molecule has 0 bridgehead atoms. The van der Waals surface area contributed by atoms with Crippen LogP contribution in [0.25, 0.3) is 0 Å². The van der Waals surface area contributed by atoms with Crippen LogP contribution < -0.4 is 31.7 Å². The predicted octanol–water partition coefficient (Wildman–Crippen LogP) is 4.09. The van der Waals surface area contributed by atoms with Crippen LogP contribution in [0.1, 0.15) is 45.9 Å². The van der Waals surface area contributed by atoms with Crippen molar-refractivity contribution in [1.82, 2.24) is 19.1 Å². The Morgan fingerprint density at radius 1 is 0.797 bits per heavy atom. The standard InChI is InChI=1S/C51H53N6O16P/c1-65-36-20-16-34(17-21-36)50(33-14-9-6-10-15-33,35-18-22-37(66-2)23-19-35)69-31-39-51(63,44(68-4)47(73-39)57-28-25-41(58)55-49(57)62)74(64,70-29-11-26-52)71-30-38-42(59)43(67-3)46(72-38)56-27-24-40(54-48(56)61)53-45(60)32-12-7-5-8-13-32/h5-10,12-25,27-28,38-39,42-44,46-47,59,63H,11,29-31H2,1-4H3,(H,55,58,62)(H,53,54,60,61)/t38-,39-,42-,43-,44+,46-,47-,51+,74?/m1/s1. The number of amides is 1. The molecule has 388 valence electrons. The van der Waals surface area contributed by atoms with Crippen LogP contribution in [0, 0.1) is 11.3 Å². The smallest absolute Gasteiger partial charge is 0.367 e. The van der Waals surface area contributed by atoms with Crippen LogP contribution in [0.4, 0.5) is 5.82 Å². The van der Waals surface area contributed by atoms with E-state index in [0.29, 0.717) is 33.8 Å². The molecule has 8 rings (SSSR count). The van der Waals surface area contributed by atoms with Gasteiger partial charge in [0.1, 0.15) is 53.4 Å². The number of carbonyl (C=O) groups is 1. The largest absolute Gasteiger partial charge is 0.497 e. The van der Waals surface area contributed by atoms with Crippen LogP contribution in [0.2, 0.25) is 0 Å². The van der Waals surface area contributed by atoms with Crippen molar-refractivity contribution in [2.75, 3.05) is 53.6 Å². The van der Waals surface area contributed by atoms with Crippen molar-refractivity contribution in [3.63, 3.8) is 0 Å². The van der Waals surface area contributed by atoms with E-state index < -0.39 is 104 Å². The fraction of sp³-hybridized carbons (Fsp3) is 0.333. The summed E-state index contributed by atoms with van der Waals surface area (Å²) in [6, 6.07) is 35.7. The first-order valence-corrected chi connectivity index (χ1v) is 24.6. The fourth-order valence-electron chi connectivity index (χ4n) is 9.05. The second-order valence-corrected chi connectivity index (χ2v) is 19.1. The number of methoxy groups -OCH3 is 4. The van der Waals surface area contributed by atoms with Crippen molar-refractivity contribution in [3.05, 3.63) is 187 Å². The topological polar surface area (TPSA) is 283 Å². The molecule has 4 aromatic carbocycles. The fourth-order valence-corrected chi connectivity index (χ4v) is 11.2. The summed E-state index contributed by atoms with van der Waals surface area (Å²) >= 11 is 0. The van der Waals surface area contributed by atoms with Crippen molar-refractivity contribution in [1.29, 1.82) is 5.26 Å². The number of hydrogen-bond acceptors (Lipinski definition) is 18. The number of nitrogens with zero attached hydrogens (tertiary/aromatic N) is 4. The minimum absolute atomic E-state index is 0.0716. The van der Waals surface area contributed by atoms with E-state index in [2.05, 4.69) is 15.3 Å². The highest BCUT2D eigenvalue weighted by atomic mass is 31.2. The highest BCUT2D eigenvalue weighted by Crippen LogP contribution is 2.67. The van der Waals surface area contributed by atoms with Crippen LogP contribution in [0.3, 0.4) is 0 Å². The van der Waals surface area contributed by atoms with Gasteiger partial charge in [0.25, 0.3) is 11.5 Å². The molecular weight excluding hydrogens is 984 g/mol. The summed E-state index contributed by atoms with van der Waals surface area (Å²) in [5.74, 6) is 0.485. The second-order valence-electron chi connectivity index (χ2n) is 16.9. The number of benzene rings is 4. The van der Waals surface area contributed by atoms with Crippen molar-refractivity contribution in [2.45, 2.75) is 60.3 Å². The highest BCUT2D eigenvalue weighted by Gasteiger charge is 2.70. The predicted molar refractivity (Wildman–Crippen MR) is 263 cm³/mol. The summed E-state index contributed by atoms with van der Waals surface area (Å²) in [4.78, 5) is 58.2. The van der Waals surface area contributed by atoms with Gasteiger partial charge in [-0.2, -0.15) is 10.2 Å². The Labute approximate surface area is 423 Å². The summed E-state index contributed by atoms with van der Waals surface area (Å²) in [6.45, 7) is -2.07. The summed E-state index contributed by atoms with van der Waals surface area (Å²) < 4.78 is 72.3. The molecule has 0 spiro atoms. The monoisotopic (exact) mass is 1040 g/mol. The number of anilines is 1. The molecule has 2 aliphatic rings. The van der Waals surface area contributed by atoms with E-state index in [-0.39, 0.29) is 12.2 Å². The third-order valence-corrected chi connectivity index (χ3v) is 15.2. The highest BCUT2D eigenvalue weighted by molar-refractivity contribution is 7.55. The summed E-state index contributed by atoms with van der Waals surface area (Å²) in [6.07, 6.45) is -8.99. The minimum Gasteiger partial charge on any atom is -0.497 e. The first-order chi connectivity index (χ1) is 35.7. The summed E-state index contributed by atoms with van der Waals surface area (Å²) in [5, 5.41) is 34.3. The van der Waals surface area contributed by atoms with E-state index in [9.17, 15) is 34.7 Å². The van der Waals surface area contributed by atoms with E-state index in [1.165, 1.54) is 33.6 Å². The number of aromatic nitrogens is 4. The van der Waals surface area contributed by atoms with Crippen molar-refractivity contribution in [2.24, 2.45) is 0 Å². The molecule has 0 saturated carbocycles. The number of rotatable bonds is 21. The van der Waals surface area contributed by atoms with Crippen LogP contribution in [-0.2, 0) is 42.9 Å². The third kappa shape index (κ3) is 10.4. The van der Waals surface area contributed by atoms with Gasteiger partial charge in [-0.15, -0.1) is 0 Å². The molecule has 0 radical (unpaired) electrons. The number of ether oxygens (including phenoxy) is 7. The lowest BCUT2D eigenvalue weighted by molar-refractivity contribution is -0.109. The van der Waals surface area contributed by atoms with Crippen molar-refractivity contribution >= 4 is 19.3 Å². The number of H-pyrrole nitrogens is 1. The Morgan fingerprint density at radius 3 is 1.97 bits per heavy atom. The number of nitrogens with one attached hydrogen (secondary N) is 2. The van der Waals surface area contributed by atoms with Gasteiger partial charge in [0.05, 0.1) is 46.5 Å². The molecule has 2 aromatic heterocycles. The molecule has 2 saturated heterocycles. The zero-order valence-electron chi connectivity index (χ0n) is 40.4. The molecule has 9 atom stereocenters. The maximum absolute atomic E-state index is 16.0. The van der Waals surface area contributed by atoms with Crippen LogP contribution >= 0.6 is 7.60 Å². The van der Waals surface area contributed by atoms with Gasteiger partial charge in [0.2, 0.25) is 5.34 Å². The van der Waals surface area contributed by atoms with E-state index in [4.69, 9.17) is 42.2 Å². The molecule has 1 amide bonds. The number of aliphatic hydroxyl groups excluding tert-OH is 1. The van der Waals surface area contributed by atoms with Gasteiger partial charge in [0, 0.05) is 38.2 Å². The number of hydrogen-bond donors (Lipinski definition) is 4. The zero-order chi connectivity index (χ0) is 52.6. The molecule has 0 aliphatic carbocycles. The molecule has 2 aliphatic heterocycles. The van der Waals surface area contributed by atoms with Gasteiger partial charge >= 0.3 is 19.0 Å². The lowest BCUT2D eigenvalue weighted by Crippen LogP contribution is -2.52. The first kappa shape index (κ1) is 53.2. The summed E-state index contributed by atoms with van der Waals surface area (Å²) in [5.41, 5.74) is -2.15. The van der Waals surface area contributed by atoms with Gasteiger partial charge in [-0.05, 0) is 59.2 Å². The van der Waals surface area contributed by atoms with Gasteiger partial charge in [0.15, 0.2) is 12.5 Å². The molecule has 1 unspecified atom stereocenters. The Hall–Kier alpha value is -7.13. The SMILES string of the molecule is COc1ccc(C(OC[C@H]2O[C@@H](n3ccc(=O)[nH]c3=O)[C@H](OC)[C@@]2(O)P(=O)(OCCC#N)OC[C@H]2O[C@@H](n3ccc(NC(=O)c4ccccc4)nc3=O)[C@H](OC)[C@@H]2O)(c2ccccc2)c2ccc(OC)cc2)cc1. The maximum atomic E-state index is 16.0. The second kappa shape index (κ2) is 23.0. The van der Waals surface area contributed by atoms with E-state index in [1.54, 1.807) is 91.0 Å². The molecule has 6 aromatic rings. The van der Waals surface area contributed by atoms with Gasteiger partial charge in [-0.3, -0.25) is 28.3 Å². The molecule has 4 N–H and O–H groups in total. The van der Waals surface area contributed by atoms with Gasteiger partial charge < -0.3 is 57.7 Å². The quantitative estimate of drug-likeness (QED) is 0.0449. The Balaban J connectivity index is 1.18. The number of carbonyl (C=O) groups excluding carboxylic acids is 1. The lowest BCUT2D eigenvalue weighted by atomic mass is 9.80. The molecule has 4 heterocycles. The van der Waals surface area contributed by atoms with Gasteiger partial charge in [-0.1, -0.05) is 72.8 Å². The van der Waals surface area contributed by atoms with Crippen molar-refractivity contribution < 1.29 is 61.8 Å². The van der Waals surface area contributed by atoms with Crippen LogP contribution in [-0.4, -0.2) is 119 Å². The van der Waals surface area contributed by atoms with E-state index in [0.717, 1.165) is 28.5 Å². The minimum atomic E-state index is -5.29. The zero-order valence-corrected chi connectivity index (χ0v) is 41.3. The van der Waals surface area contributed by atoms with Crippen LogP contribution in [0.15, 0.2) is 148 Å². The summed E-state index contributed by atoms with van der Waals surface area (Å²) in [7, 11) is 0.162. The van der Waals surface area contributed by atoms with Crippen molar-refractivity contribution in [3.8, 4) is 17.6 Å². The number of aromatic amines is 1. The average Bonchev–Trinajstić information content (AvgIpc) is 3.92. The number of aliphatic hydroxyl groups is 2. The van der Waals surface area contributed by atoms with Crippen LogP contribution in [0.5, 0.6) is 11.5 Å². The van der Waals surface area contributed by atoms with E-state index >= 15 is 4.57 Å². The normalized spacial score (nSPS) is 23.4. The Kier molecular flexibility index (Phi) is 16.5. The average molecular weight is 1040 g/mol.